The van der Waals surface area contributed by atoms with Crippen molar-refractivity contribution >= 4 is 17.6 Å². The quantitative estimate of drug-likeness (QED) is 0.516. The van der Waals surface area contributed by atoms with Gasteiger partial charge in [0.05, 0.1) is 13.2 Å². The summed E-state index contributed by atoms with van der Waals surface area (Å²) in [7, 11) is 1.63. The average molecular weight is 372 g/mol. The zero-order chi connectivity index (χ0) is 19.6. The predicted octanol–water partition coefficient (Wildman–Crippen LogP) is 2.84. The van der Waals surface area contributed by atoms with Crippen molar-refractivity contribution in [2.75, 3.05) is 25.5 Å². The Kier molecular flexibility index (Phi) is 7.61. The number of guanidine groups is 1. The van der Waals surface area contributed by atoms with Crippen LogP contribution in [0.2, 0.25) is 0 Å². The summed E-state index contributed by atoms with van der Waals surface area (Å²) in [5.74, 6) is 0.718. The number of ether oxygens (including phenoxy) is 1. The number of aliphatic imine (C=N–C) groups is 1. The van der Waals surface area contributed by atoms with Gasteiger partial charge in [0.25, 0.3) is 0 Å². The summed E-state index contributed by atoms with van der Waals surface area (Å²) >= 11 is 0. The maximum Gasteiger partial charge on any atom is 0.243 e. The summed E-state index contributed by atoms with van der Waals surface area (Å²) < 4.78 is 18.6. The van der Waals surface area contributed by atoms with E-state index in [9.17, 15) is 9.18 Å². The molecule has 2 rings (SSSR count). The number of anilines is 1. The predicted molar refractivity (Wildman–Crippen MR) is 106 cm³/mol. The fourth-order valence-electron chi connectivity index (χ4n) is 2.40. The summed E-state index contributed by atoms with van der Waals surface area (Å²) in [4.78, 5) is 16.1. The summed E-state index contributed by atoms with van der Waals surface area (Å²) in [6.07, 6.45) is 0. The van der Waals surface area contributed by atoms with E-state index in [1.165, 1.54) is 24.3 Å². The first kappa shape index (κ1) is 20.2. The maximum atomic E-state index is 12.9. The number of hydrogen-bond acceptors (Lipinski definition) is 3. The van der Waals surface area contributed by atoms with Gasteiger partial charge < -0.3 is 20.7 Å². The zero-order valence-corrected chi connectivity index (χ0v) is 15.8. The van der Waals surface area contributed by atoms with E-state index in [4.69, 9.17) is 4.74 Å². The first-order valence-corrected chi connectivity index (χ1v) is 8.74. The Bertz CT molecular complexity index is 791. The fourth-order valence-corrected chi connectivity index (χ4v) is 2.40. The molecule has 0 spiro atoms. The second-order valence-electron chi connectivity index (χ2n) is 5.88. The Morgan fingerprint density at radius 2 is 1.89 bits per heavy atom. The second-order valence-corrected chi connectivity index (χ2v) is 5.88. The highest BCUT2D eigenvalue weighted by Gasteiger charge is 2.07. The minimum absolute atomic E-state index is 0.0310. The average Bonchev–Trinajstić information content (AvgIpc) is 2.65. The molecule has 0 heterocycles. The van der Waals surface area contributed by atoms with Crippen LogP contribution in [0.5, 0.6) is 5.75 Å². The standard InChI is InChI=1S/C20H25FN4O2/c1-4-27-18-11-14(2)5-6-15(18)12-23-20(22-3)24-13-19(26)25-17-9-7-16(21)8-10-17/h5-11H,4,12-13H2,1-3H3,(H,25,26)(H2,22,23,24). The number of amides is 1. The summed E-state index contributed by atoms with van der Waals surface area (Å²) in [6.45, 7) is 5.09. The van der Waals surface area contributed by atoms with Gasteiger partial charge in [0, 0.05) is 24.8 Å². The smallest absolute Gasteiger partial charge is 0.243 e. The highest BCUT2D eigenvalue weighted by atomic mass is 19.1. The van der Waals surface area contributed by atoms with Crippen LogP contribution in [0.4, 0.5) is 10.1 Å². The molecule has 0 fully saturated rings. The zero-order valence-electron chi connectivity index (χ0n) is 15.8. The van der Waals surface area contributed by atoms with E-state index in [-0.39, 0.29) is 18.3 Å². The van der Waals surface area contributed by atoms with Crippen LogP contribution in [0, 0.1) is 12.7 Å². The molecule has 7 heteroatoms. The molecule has 0 atom stereocenters. The molecule has 2 aromatic carbocycles. The Morgan fingerprint density at radius 1 is 1.15 bits per heavy atom. The molecule has 0 saturated heterocycles. The number of carbonyl (C=O) groups excluding carboxylic acids is 1. The molecule has 2 aromatic rings. The number of carbonyl (C=O) groups is 1. The molecule has 6 nitrogen and oxygen atoms in total. The molecule has 0 bridgehead atoms. The van der Waals surface area contributed by atoms with Gasteiger partial charge in [-0.1, -0.05) is 12.1 Å². The molecule has 3 N–H and O–H groups in total. The van der Waals surface area contributed by atoms with E-state index in [1.807, 2.05) is 32.0 Å². The minimum atomic E-state index is -0.349. The lowest BCUT2D eigenvalue weighted by molar-refractivity contribution is -0.115. The molecule has 0 aliphatic carbocycles. The van der Waals surface area contributed by atoms with Gasteiger partial charge in [-0.05, 0) is 49.7 Å². The van der Waals surface area contributed by atoms with Crippen molar-refractivity contribution in [2.24, 2.45) is 4.99 Å². The Labute approximate surface area is 158 Å². The molecule has 0 radical (unpaired) electrons. The van der Waals surface area contributed by atoms with Crippen LogP contribution in [0.1, 0.15) is 18.1 Å². The van der Waals surface area contributed by atoms with Gasteiger partial charge in [0.2, 0.25) is 5.91 Å². The van der Waals surface area contributed by atoms with Crippen molar-refractivity contribution in [3.63, 3.8) is 0 Å². The molecule has 0 aliphatic rings. The van der Waals surface area contributed by atoms with Crippen molar-refractivity contribution in [3.8, 4) is 5.75 Å². The maximum absolute atomic E-state index is 12.9. The normalized spacial score (nSPS) is 11.0. The van der Waals surface area contributed by atoms with Crippen LogP contribution in [-0.2, 0) is 11.3 Å². The minimum Gasteiger partial charge on any atom is -0.494 e. The lowest BCUT2D eigenvalue weighted by atomic mass is 10.1. The Hall–Kier alpha value is -3.09. The molecular formula is C20H25FN4O2. The summed E-state index contributed by atoms with van der Waals surface area (Å²) in [5.41, 5.74) is 2.66. The highest BCUT2D eigenvalue weighted by molar-refractivity contribution is 5.94. The van der Waals surface area contributed by atoms with Crippen LogP contribution in [0.15, 0.2) is 47.5 Å². The number of nitrogens with zero attached hydrogens (tertiary/aromatic N) is 1. The molecule has 27 heavy (non-hydrogen) atoms. The monoisotopic (exact) mass is 372 g/mol. The van der Waals surface area contributed by atoms with Gasteiger partial charge in [-0.2, -0.15) is 0 Å². The van der Waals surface area contributed by atoms with E-state index in [0.717, 1.165) is 16.9 Å². The topological polar surface area (TPSA) is 74.8 Å². The van der Waals surface area contributed by atoms with Crippen molar-refractivity contribution in [1.82, 2.24) is 10.6 Å². The van der Waals surface area contributed by atoms with Gasteiger partial charge in [-0.3, -0.25) is 9.79 Å². The number of hydrogen-bond donors (Lipinski definition) is 3. The first-order valence-electron chi connectivity index (χ1n) is 8.74. The molecular weight excluding hydrogens is 347 g/mol. The van der Waals surface area contributed by atoms with Gasteiger partial charge in [0.1, 0.15) is 11.6 Å². The third-order valence-corrected chi connectivity index (χ3v) is 3.74. The van der Waals surface area contributed by atoms with E-state index >= 15 is 0 Å². The van der Waals surface area contributed by atoms with Gasteiger partial charge >= 0.3 is 0 Å². The third kappa shape index (κ3) is 6.62. The van der Waals surface area contributed by atoms with Crippen LogP contribution in [0.3, 0.4) is 0 Å². The van der Waals surface area contributed by atoms with Crippen LogP contribution >= 0.6 is 0 Å². The number of nitrogens with one attached hydrogen (secondary N) is 3. The van der Waals surface area contributed by atoms with Gasteiger partial charge in [-0.25, -0.2) is 4.39 Å². The second kappa shape index (κ2) is 10.2. The van der Waals surface area contributed by atoms with Crippen LogP contribution in [0.25, 0.3) is 0 Å². The molecule has 144 valence electrons. The van der Waals surface area contributed by atoms with Crippen molar-refractivity contribution < 1.29 is 13.9 Å². The lowest BCUT2D eigenvalue weighted by Crippen LogP contribution is -2.41. The highest BCUT2D eigenvalue weighted by Crippen LogP contribution is 2.20. The largest absolute Gasteiger partial charge is 0.494 e. The van der Waals surface area contributed by atoms with Crippen LogP contribution < -0.4 is 20.7 Å². The van der Waals surface area contributed by atoms with Crippen molar-refractivity contribution in [2.45, 2.75) is 20.4 Å². The van der Waals surface area contributed by atoms with E-state index in [1.54, 1.807) is 7.05 Å². The fraction of sp³-hybridized carbons (Fsp3) is 0.300. The summed E-state index contributed by atoms with van der Waals surface area (Å²) in [5, 5.41) is 8.79. The van der Waals surface area contributed by atoms with E-state index < -0.39 is 0 Å². The summed E-state index contributed by atoms with van der Waals surface area (Å²) in [6, 6.07) is 11.6. The van der Waals surface area contributed by atoms with Crippen molar-refractivity contribution in [1.29, 1.82) is 0 Å². The Balaban J connectivity index is 1.85. The molecule has 0 aliphatic heterocycles. The van der Waals surface area contributed by atoms with Gasteiger partial charge in [-0.15, -0.1) is 0 Å². The lowest BCUT2D eigenvalue weighted by Gasteiger charge is -2.15. The number of halogens is 1. The Morgan fingerprint density at radius 3 is 2.56 bits per heavy atom. The molecule has 0 saturated carbocycles. The number of rotatable bonds is 7. The van der Waals surface area contributed by atoms with E-state index in [0.29, 0.717) is 24.8 Å². The van der Waals surface area contributed by atoms with Crippen molar-refractivity contribution in [3.05, 3.63) is 59.4 Å². The SMILES string of the molecule is CCOc1cc(C)ccc1CNC(=NC)NCC(=O)Nc1ccc(F)cc1. The number of benzene rings is 2. The first-order chi connectivity index (χ1) is 13.0. The van der Waals surface area contributed by atoms with Gasteiger partial charge in [0.15, 0.2) is 5.96 Å². The van der Waals surface area contributed by atoms with Crippen LogP contribution in [-0.4, -0.2) is 32.1 Å². The van der Waals surface area contributed by atoms with E-state index in [2.05, 4.69) is 20.9 Å². The molecule has 0 unspecified atom stereocenters. The third-order valence-electron chi connectivity index (χ3n) is 3.74. The number of aryl methyl sites for hydroxylation is 1. The molecule has 1 amide bonds. The molecule has 0 aromatic heterocycles.